The molecule has 0 aromatic carbocycles. The molecule has 0 unspecified atom stereocenters. The number of hydrogen-bond acceptors (Lipinski definition) is 7. The monoisotopic (exact) mass is 538 g/mol. The SMILES string of the molecule is CC(C)N1C(=O)N(c2ccc(C(F)(F)F)nc2)C(=O)C12CCN(c1cnc3cnn(CC(F)F)c3n1)CC2. The Kier molecular flexibility index (Phi) is 6.18. The zero-order valence-electron chi connectivity index (χ0n) is 20.4. The minimum atomic E-state index is -4.65. The Bertz CT molecular complexity index is 1370. The molecule has 1 spiro atoms. The molecule has 5 rings (SSSR count). The van der Waals surface area contributed by atoms with E-state index in [9.17, 15) is 31.5 Å². The quantitative estimate of drug-likeness (QED) is 0.361. The number of piperidine rings is 1. The number of aromatic nitrogens is 5. The Balaban J connectivity index is 1.40. The van der Waals surface area contributed by atoms with Crippen molar-refractivity contribution in [1.82, 2.24) is 29.6 Å². The predicted octanol–water partition coefficient (Wildman–Crippen LogP) is 3.72. The number of pyridine rings is 1. The normalized spacial score (nSPS) is 18.2. The van der Waals surface area contributed by atoms with E-state index in [-0.39, 0.29) is 30.2 Å². The van der Waals surface area contributed by atoms with Crippen LogP contribution in [0.3, 0.4) is 0 Å². The second-order valence-electron chi connectivity index (χ2n) is 9.46. The topological polar surface area (TPSA) is 100 Å². The molecule has 5 heterocycles. The van der Waals surface area contributed by atoms with E-state index in [4.69, 9.17) is 0 Å². The van der Waals surface area contributed by atoms with Crippen LogP contribution in [-0.2, 0) is 17.5 Å². The number of hydrogen-bond donors (Lipinski definition) is 0. The molecule has 2 aliphatic heterocycles. The molecule has 15 heteroatoms. The Hall–Kier alpha value is -3.91. The molecule has 3 aromatic rings. The summed E-state index contributed by atoms with van der Waals surface area (Å²) in [6.07, 6.45) is -3.11. The number of alkyl halides is 5. The Labute approximate surface area is 213 Å². The second-order valence-corrected chi connectivity index (χ2v) is 9.46. The lowest BCUT2D eigenvalue weighted by molar-refractivity contribution is -0.141. The zero-order chi connectivity index (χ0) is 27.4. The molecule has 202 valence electrons. The van der Waals surface area contributed by atoms with Crippen molar-refractivity contribution >= 4 is 34.6 Å². The Morgan fingerprint density at radius 2 is 1.74 bits per heavy atom. The largest absolute Gasteiger partial charge is 0.433 e. The maximum atomic E-state index is 13.7. The van der Waals surface area contributed by atoms with Gasteiger partial charge in [-0.3, -0.25) is 4.79 Å². The summed E-state index contributed by atoms with van der Waals surface area (Å²) in [6.45, 7) is 3.49. The van der Waals surface area contributed by atoms with Gasteiger partial charge >= 0.3 is 12.2 Å². The van der Waals surface area contributed by atoms with E-state index >= 15 is 0 Å². The third kappa shape index (κ3) is 4.19. The number of fused-ring (bicyclic) bond motifs is 1. The predicted molar refractivity (Wildman–Crippen MR) is 125 cm³/mol. The Morgan fingerprint density at radius 3 is 2.32 bits per heavy atom. The average Bonchev–Trinajstić information content (AvgIpc) is 3.34. The third-order valence-corrected chi connectivity index (χ3v) is 6.83. The van der Waals surface area contributed by atoms with E-state index in [1.807, 2.05) is 4.90 Å². The molecule has 38 heavy (non-hydrogen) atoms. The van der Waals surface area contributed by atoms with Gasteiger partial charge in [0, 0.05) is 19.1 Å². The number of carbonyl (C=O) groups is 2. The van der Waals surface area contributed by atoms with Crippen molar-refractivity contribution in [2.24, 2.45) is 0 Å². The van der Waals surface area contributed by atoms with Crippen LogP contribution >= 0.6 is 0 Å². The number of imide groups is 1. The summed E-state index contributed by atoms with van der Waals surface area (Å²) in [5.41, 5.74) is -1.80. The summed E-state index contributed by atoms with van der Waals surface area (Å²) in [7, 11) is 0. The molecule has 3 amide bonds. The smallest absolute Gasteiger partial charge is 0.355 e. The number of urea groups is 1. The second kappa shape index (κ2) is 9.13. The lowest BCUT2D eigenvalue weighted by atomic mass is 9.85. The zero-order valence-corrected chi connectivity index (χ0v) is 20.4. The van der Waals surface area contributed by atoms with E-state index < -0.39 is 42.3 Å². The van der Waals surface area contributed by atoms with Crippen LogP contribution in [0.25, 0.3) is 11.2 Å². The van der Waals surface area contributed by atoms with E-state index in [2.05, 4.69) is 20.1 Å². The van der Waals surface area contributed by atoms with Crippen molar-refractivity contribution < 1.29 is 31.5 Å². The van der Waals surface area contributed by atoms with Gasteiger partial charge in [0.1, 0.15) is 29.1 Å². The molecule has 0 aliphatic carbocycles. The van der Waals surface area contributed by atoms with Gasteiger partial charge < -0.3 is 9.80 Å². The van der Waals surface area contributed by atoms with Crippen molar-refractivity contribution in [1.29, 1.82) is 0 Å². The molecule has 0 saturated carbocycles. The van der Waals surface area contributed by atoms with Crippen LogP contribution in [0.1, 0.15) is 32.4 Å². The van der Waals surface area contributed by atoms with Crippen LogP contribution in [0, 0.1) is 0 Å². The first-order chi connectivity index (χ1) is 17.9. The van der Waals surface area contributed by atoms with E-state index in [1.165, 1.54) is 17.3 Å². The lowest BCUT2D eigenvalue weighted by Gasteiger charge is -2.44. The molecule has 3 aromatic heterocycles. The fourth-order valence-corrected chi connectivity index (χ4v) is 5.13. The van der Waals surface area contributed by atoms with Crippen molar-refractivity contribution in [3.8, 4) is 0 Å². The fraction of sp³-hybridized carbons (Fsp3) is 0.478. The van der Waals surface area contributed by atoms with Crippen LogP contribution in [0.4, 0.5) is 38.3 Å². The number of nitrogens with zero attached hydrogens (tertiary/aromatic N) is 8. The number of halogens is 5. The van der Waals surface area contributed by atoms with Crippen molar-refractivity contribution in [3.63, 3.8) is 0 Å². The van der Waals surface area contributed by atoms with Crippen LogP contribution in [0.5, 0.6) is 0 Å². The fourth-order valence-electron chi connectivity index (χ4n) is 5.13. The summed E-state index contributed by atoms with van der Waals surface area (Å²) < 4.78 is 65.8. The molecule has 0 radical (unpaired) electrons. The summed E-state index contributed by atoms with van der Waals surface area (Å²) in [5, 5.41) is 3.91. The number of anilines is 2. The Morgan fingerprint density at radius 1 is 1.03 bits per heavy atom. The molecule has 0 bridgehead atoms. The summed E-state index contributed by atoms with van der Waals surface area (Å²) in [5.74, 6) is -0.117. The van der Waals surface area contributed by atoms with Gasteiger partial charge in [-0.2, -0.15) is 18.3 Å². The molecule has 2 aliphatic rings. The van der Waals surface area contributed by atoms with Crippen LogP contribution in [0.15, 0.2) is 30.7 Å². The number of rotatable bonds is 5. The van der Waals surface area contributed by atoms with Crippen LogP contribution in [-0.4, -0.2) is 72.7 Å². The molecular weight excluding hydrogens is 515 g/mol. The van der Waals surface area contributed by atoms with Crippen LogP contribution in [0.2, 0.25) is 0 Å². The van der Waals surface area contributed by atoms with Gasteiger partial charge in [0.2, 0.25) is 0 Å². The van der Waals surface area contributed by atoms with Gasteiger partial charge in [0.25, 0.3) is 12.3 Å². The van der Waals surface area contributed by atoms with Gasteiger partial charge in [0.15, 0.2) is 5.65 Å². The van der Waals surface area contributed by atoms with Gasteiger partial charge in [-0.15, -0.1) is 0 Å². The first kappa shape index (κ1) is 25.7. The first-order valence-electron chi connectivity index (χ1n) is 11.8. The summed E-state index contributed by atoms with van der Waals surface area (Å²) in [4.78, 5) is 43.4. The van der Waals surface area contributed by atoms with E-state index in [0.717, 1.165) is 27.9 Å². The summed E-state index contributed by atoms with van der Waals surface area (Å²) in [6, 6.07) is 0.796. The average molecular weight is 538 g/mol. The highest BCUT2D eigenvalue weighted by Crippen LogP contribution is 2.41. The van der Waals surface area contributed by atoms with Crippen LogP contribution < -0.4 is 9.80 Å². The highest BCUT2D eigenvalue weighted by Gasteiger charge is 2.59. The van der Waals surface area contributed by atoms with Gasteiger partial charge in [0.05, 0.1) is 24.3 Å². The minimum Gasteiger partial charge on any atom is -0.355 e. The molecule has 0 atom stereocenters. The number of carbonyl (C=O) groups excluding carboxylic acids is 2. The molecule has 10 nitrogen and oxygen atoms in total. The van der Waals surface area contributed by atoms with E-state index in [0.29, 0.717) is 24.4 Å². The molecular formula is C23H23F5N8O2. The maximum absolute atomic E-state index is 13.7. The van der Waals surface area contributed by atoms with Crippen molar-refractivity contribution in [3.05, 3.63) is 36.4 Å². The lowest BCUT2D eigenvalue weighted by Crippen LogP contribution is -2.58. The van der Waals surface area contributed by atoms with Crippen molar-refractivity contribution in [2.45, 2.75) is 57.4 Å². The first-order valence-corrected chi connectivity index (χ1v) is 11.8. The molecule has 2 fully saturated rings. The standard InChI is InChI=1S/C23H23F5N8O2/c1-13(2)36-21(38)35(14-3-4-16(30-9-14)23(26,27)28)20(37)22(36)5-7-33(8-6-22)18-11-29-15-10-31-34(12-17(24)25)19(15)32-18/h3-4,9-11,13,17H,5-8,12H2,1-2H3. The molecule has 0 N–H and O–H groups in total. The maximum Gasteiger partial charge on any atom is 0.433 e. The van der Waals surface area contributed by atoms with Crippen molar-refractivity contribution in [2.75, 3.05) is 22.9 Å². The highest BCUT2D eigenvalue weighted by molar-refractivity contribution is 6.23. The number of amides is 3. The summed E-state index contributed by atoms with van der Waals surface area (Å²) >= 11 is 0. The molecule has 2 saturated heterocycles. The third-order valence-electron chi connectivity index (χ3n) is 6.83. The van der Waals surface area contributed by atoms with Gasteiger partial charge in [-0.05, 0) is 38.8 Å². The van der Waals surface area contributed by atoms with Gasteiger partial charge in [-0.25, -0.2) is 38.1 Å². The minimum absolute atomic E-state index is 0.0402. The van der Waals surface area contributed by atoms with Gasteiger partial charge in [-0.1, -0.05) is 0 Å². The van der Waals surface area contributed by atoms with E-state index in [1.54, 1.807) is 13.8 Å². The highest BCUT2D eigenvalue weighted by atomic mass is 19.4.